The summed E-state index contributed by atoms with van der Waals surface area (Å²) in [5.41, 5.74) is 7.91. The van der Waals surface area contributed by atoms with E-state index in [1.165, 1.54) is 5.56 Å². The van der Waals surface area contributed by atoms with Gasteiger partial charge in [-0.3, -0.25) is 0 Å². The Kier molecular flexibility index (Phi) is 6.22. The lowest BCUT2D eigenvalue weighted by Crippen LogP contribution is -2.40. The van der Waals surface area contributed by atoms with Crippen LogP contribution in [0, 0.1) is 0 Å². The molecule has 0 aromatic heterocycles. The van der Waals surface area contributed by atoms with Gasteiger partial charge in [-0.15, -0.1) is 0 Å². The zero-order valence-corrected chi connectivity index (χ0v) is 13.2. The maximum Gasteiger partial charge on any atom is 0.136 e. The van der Waals surface area contributed by atoms with Gasteiger partial charge >= 0.3 is 0 Å². The molecule has 1 unspecified atom stereocenters. The van der Waals surface area contributed by atoms with Crippen LogP contribution in [-0.2, 0) is 11.2 Å². The van der Waals surface area contributed by atoms with Crippen LogP contribution in [0.3, 0.4) is 0 Å². The maximum atomic E-state index is 5.92. The van der Waals surface area contributed by atoms with Crippen molar-refractivity contribution >= 4 is 5.84 Å². The van der Waals surface area contributed by atoms with Gasteiger partial charge in [-0.25, -0.2) is 4.99 Å². The van der Waals surface area contributed by atoms with Gasteiger partial charge in [-0.05, 0) is 18.5 Å². The zero-order chi connectivity index (χ0) is 15.8. The van der Waals surface area contributed by atoms with E-state index in [9.17, 15) is 0 Å². The molecular formula is C18H25N3O. The highest BCUT2D eigenvalue weighted by atomic mass is 16.5. The summed E-state index contributed by atoms with van der Waals surface area (Å²) >= 11 is 0. The molecule has 0 saturated carbocycles. The van der Waals surface area contributed by atoms with Crippen molar-refractivity contribution in [1.82, 2.24) is 5.32 Å². The number of ether oxygens (including phenoxy) is 1. The zero-order valence-electron chi connectivity index (χ0n) is 13.2. The van der Waals surface area contributed by atoms with Gasteiger partial charge < -0.3 is 15.8 Å². The van der Waals surface area contributed by atoms with Gasteiger partial charge in [-0.1, -0.05) is 50.3 Å². The number of rotatable bonds is 8. The average molecular weight is 299 g/mol. The monoisotopic (exact) mass is 299 g/mol. The van der Waals surface area contributed by atoms with Crippen LogP contribution >= 0.6 is 0 Å². The normalized spacial score (nSPS) is 17.9. The lowest BCUT2D eigenvalue weighted by molar-refractivity contribution is 0.194. The number of hydrogen-bond acceptors (Lipinski definition) is 4. The Labute approximate surface area is 132 Å². The minimum atomic E-state index is -0.0696. The number of hydrogen-bond donors (Lipinski definition) is 2. The third-order valence-corrected chi connectivity index (χ3v) is 3.67. The van der Waals surface area contributed by atoms with Crippen molar-refractivity contribution in [3.63, 3.8) is 0 Å². The van der Waals surface area contributed by atoms with Gasteiger partial charge in [0.25, 0.3) is 0 Å². The van der Waals surface area contributed by atoms with Gasteiger partial charge in [0.15, 0.2) is 0 Å². The van der Waals surface area contributed by atoms with Gasteiger partial charge in [0.1, 0.15) is 11.6 Å². The van der Waals surface area contributed by atoms with E-state index in [0.717, 1.165) is 37.1 Å². The molecule has 1 aromatic rings. The largest absolute Gasteiger partial charge is 0.494 e. The summed E-state index contributed by atoms with van der Waals surface area (Å²) in [5, 5.41) is 3.45. The molecule has 1 aliphatic rings. The molecule has 3 N–H and O–H groups in total. The molecule has 118 valence electrons. The molecule has 1 aromatic carbocycles. The first-order chi connectivity index (χ1) is 10.7. The fourth-order valence-corrected chi connectivity index (χ4v) is 2.31. The van der Waals surface area contributed by atoms with Crippen LogP contribution in [0.4, 0.5) is 0 Å². The molecule has 0 bridgehead atoms. The summed E-state index contributed by atoms with van der Waals surface area (Å²) in [6.07, 6.45) is 4.83. The van der Waals surface area contributed by atoms with Crippen LogP contribution in [-0.4, -0.2) is 25.0 Å². The standard InChI is InChI=1S/C18H25N3O/c1-3-4-11-20-17-14(2)18(19)21-13-16(17)22-12-10-15-8-6-5-7-9-15/h5-9,13,17,20H,2-4,10-12H2,1H3,(H2,19,21). The van der Waals surface area contributed by atoms with Gasteiger partial charge in [0.05, 0.1) is 18.8 Å². The maximum absolute atomic E-state index is 5.92. The van der Waals surface area contributed by atoms with E-state index >= 15 is 0 Å². The summed E-state index contributed by atoms with van der Waals surface area (Å²) < 4.78 is 5.92. The topological polar surface area (TPSA) is 59.6 Å². The minimum Gasteiger partial charge on any atom is -0.494 e. The van der Waals surface area contributed by atoms with E-state index in [0.29, 0.717) is 12.4 Å². The van der Waals surface area contributed by atoms with Crippen molar-refractivity contribution in [3.05, 3.63) is 60.0 Å². The third kappa shape index (κ3) is 4.46. The smallest absolute Gasteiger partial charge is 0.136 e. The molecule has 0 saturated heterocycles. The molecule has 0 amide bonds. The molecule has 1 heterocycles. The lowest BCUT2D eigenvalue weighted by atomic mass is 10.0. The minimum absolute atomic E-state index is 0.0696. The highest BCUT2D eigenvalue weighted by molar-refractivity contribution is 5.99. The van der Waals surface area contributed by atoms with Crippen LogP contribution in [0.25, 0.3) is 0 Å². The molecule has 4 heteroatoms. The van der Waals surface area contributed by atoms with Crippen LogP contribution < -0.4 is 11.1 Å². The first-order valence-corrected chi connectivity index (χ1v) is 7.85. The number of unbranched alkanes of at least 4 members (excludes halogenated alkanes) is 1. The van der Waals surface area contributed by atoms with Crippen molar-refractivity contribution in [2.45, 2.75) is 32.2 Å². The summed E-state index contributed by atoms with van der Waals surface area (Å²) in [6.45, 7) is 7.72. The second-order valence-electron chi connectivity index (χ2n) is 5.40. The van der Waals surface area contributed by atoms with Crippen molar-refractivity contribution < 1.29 is 4.74 Å². The Morgan fingerprint density at radius 2 is 2.09 bits per heavy atom. The van der Waals surface area contributed by atoms with Crippen molar-refractivity contribution in [2.24, 2.45) is 10.7 Å². The summed E-state index contributed by atoms with van der Waals surface area (Å²) in [4.78, 5) is 4.16. The number of amidine groups is 1. The second kappa shape index (κ2) is 8.39. The Hall–Kier alpha value is -2.07. The third-order valence-electron chi connectivity index (χ3n) is 3.67. The predicted octanol–water partition coefficient (Wildman–Crippen LogP) is 2.77. The van der Waals surface area contributed by atoms with E-state index in [-0.39, 0.29) is 6.04 Å². The molecule has 0 aliphatic carbocycles. The summed E-state index contributed by atoms with van der Waals surface area (Å²) in [5.74, 6) is 1.27. The van der Waals surface area contributed by atoms with E-state index in [1.54, 1.807) is 6.20 Å². The highest BCUT2D eigenvalue weighted by Crippen LogP contribution is 2.18. The number of nitrogens with zero attached hydrogens (tertiary/aromatic N) is 1. The second-order valence-corrected chi connectivity index (χ2v) is 5.40. The van der Waals surface area contributed by atoms with Crippen molar-refractivity contribution in [2.75, 3.05) is 13.2 Å². The molecule has 1 aliphatic heterocycles. The van der Waals surface area contributed by atoms with E-state index in [2.05, 4.69) is 35.9 Å². The highest BCUT2D eigenvalue weighted by Gasteiger charge is 2.24. The Balaban J connectivity index is 1.92. The van der Waals surface area contributed by atoms with E-state index in [4.69, 9.17) is 10.5 Å². The summed E-state index contributed by atoms with van der Waals surface area (Å²) in [7, 11) is 0. The van der Waals surface area contributed by atoms with Gasteiger partial charge in [-0.2, -0.15) is 0 Å². The first-order valence-electron chi connectivity index (χ1n) is 7.85. The Morgan fingerprint density at radius 3 is 2.82 bits per heavy atom. The number of nitrogens with two attached hydrogens (primary N) is 1. The summed E-state index contributed by atoms with van der Waals surface area (Å²) in [6, 6.07) is 10.2. The molecule has 0 spiro atoms. The van der Waals surface area contributed by atoms with Gasteiger partial charge in [0.2, 0.25) is 0 Å². The fraction of sp³-hybridized carbons (Fsp3) is 0.389. The van der Waals surface area contributed by atoms with Crippen molar-refractivity contribution in [3.8, 4) is 0 Å². The van der Waals surface area contributed by atoms with Crippen molar-refractivity contribution in [1.29, 1.82) is 0 Å². The molecular weight excluding hydrogens is 274 g/mol. The quantitative estimate of drug-likeness (QED) is 0.726. The molecule has 0 radical (unpaired) electrons. The Bertz CT molecular complexity index is 549. The van der Waals surface area contributed by atoms with Crippen LogP contribution in [0.1, 0.15) is 25.3 Å². The lowest BCUT2D eigenvalue weighted by Gasteiger charge is -2.26. The van der Waals surface area contributed by atoms with E-state index < -0.39 is 0 Å². The first kappa shape index (κ1) is 16.3. The van der Waals surface area contributed by atoms with E-state index in [1.807, 2.05) is 18.2 Å². The fourth-order valence-electron chi connectivity index (χ4n) is 2.31. The molecule has 1 atom stereocenters. The SMILES string of the molecule is C=C1C(N)=NC=C(OCCc2ccccc2)C1NCCCC. The average Bonchev–Trinajstić information content (AvgIpc) is 2.54. The molecule has 2 rings (SSSR count). The van der Waals surface area contributed by atoms with Crippen LogP contribution in [0.5, 0.6) is 0 Å². The number of aliphatic imine (C=N–C) groups is 1. The predicted molar refractivity (Wildman–Crippen MR) is 91.6 cm³/mol. The number of benzene rings is 1. The number of nitrogens with one attached hydrogen (secondary N) is 1. The van der Waals surface area contributed by atoms with Crippen LogP contribution in [0.2, 0.25) is 0 Å². The molecule has 4 nitrogen and oxygen atoms in total. The van der Waals surface area contributed by atoms with Crippen LogP contribution in [0.15, 0.2) is 59.4 Å². The molecule has 22 heavy (non-hydrogen) atoms. The molecule has 0 fully saturated rings. The Morgan fingerprint density at radius 1 is 1.32 bits per heavy atom. The van der Waals surface area contributed by atoms with Gasteiger partial charge in [0, 0.05) is 12.0 Å².